The van der Waals surface area contributed by atoms with E-state index in [2.05, 4.69) is 15.3 Å². The zero-order chi connectivity index (χ0) is 16.2. The molecule has 1 N–H and O–H groups in total. The van der Waals surface area contributed by atoms with Crippen LogP contribution in [0.3, 0.4) is 0 Å². The Morgan fingerprint density at radius 3 is 2.61 bits per heavy atom. The molecule has 0 fully saturated rings. The third kappa shape index (κ3) is 3.88. The van der Waals surface area contributed by atoms with Crippen LogP contribution < -0.4 is 10.1 Å². The molecule has 0 saturated carbocycles. The molecule has 116 valence electrons. The van der Waals surface area contributed by atoms with E-state index in [4.69, 9.17) is 27.9 Å². The SMILES string of the molecule is O=C(COc1ncnc2ccccc12)Nc1cc(Cl)cc(Cl)c1. The lowest BCUT2D eigenvalue weighted by Gasteiger charge is -2.09. The number of rotatable bonds is 4. The predicted molar refractivity (Wildman–Crippen MR) is 90.1 cm³/mol. The molecule has 2 aromatic carbocycles. The van der Waals surface area contributed by atoms with Crippen LogP contribution in [-0.2, 0) is 4.79 Å². The average Bonchev–Trinajstić information content (AvgIpc) is 2.52. The Kier molecular flexibility index (Phi) is 4.60. The summed E-state index contributed by atoms with van der Waals surface area (Å²) in [5.41, 5.74) is 1.25. The first-order chi connectivity index (χ1) is 11.1. The van der Waals surface area contributed by atoms with Crippen molar-refractivity contribution in [1.29, 1.82) is 0 Å². The van der Waals surface area contributed by atoms with Gasteiger partial charge in [0, 0.05) is 15.7 Å². The van der Waals surface area contributed by atoms with Crippen molar-refractivity contribution in [1.82, 2.24) is 9.97 Å². The van der Waals surface area contributed by atoms with Gasteiger partial charge in [0.1, 0.15) is 6.33 Å². The van der Waals surface area contributed by atoms with Gasteiger partial charge in [-0.3, -0.25) is 4.79 Å². The molecular weight excluding hydrogens is 337 g/mol. The van der Waals surface area contributed by atoms with Crippen LogP contribution in [0.1, 0.15) is 0 Å². The maximum atomic E-state index is 12.0. The zero-order valence-electron chi connectivity index (χ0n) is 11.8. The summed E-state index contributed by atoms with van der Waals surface area (Å²) in [4.78, 5) is 20.2. The van der Waals surface area contributed by atoms with Gasteiger partial charge in [-0.1, -0.05) is 35.3 Å². The van der Waals surface area contributed by atoms with Crippen LogP contribution in [0.25, 0.3) is 10.9 Å². The lowest BCUT2D eigenvalue weighted by molar-refractivity contribution is -0.118. The monoisotopic (exact) mass is 347 g/mol. The van der Waals surface area contributed by atoms with E-state index in [-0.39, 0.29) is 12.5 Å². The fourth-order valence-corrected chi connectivity index (χ4v) is 2.58. The molecule has 0 unspecified atom stereocenters. The molecule has 0 spiro atoms. The van der Waals surface area contributed by atoms with Crippen LogP contribution in [0.5, 0.6) is 5.88 Å². The van der Waals surface area contributed by atoms with Crippen molar-refractivity contribution in [3.05, 3.63) is 58.8 Å². The Bertz CT molecular complexity index is 845. The van der Waals surface area contributed by atoms with Gasteiger partial charge in [0.05, 0.1) is 10.9 Å². The van der Waals surface area contributed by atoms with Crippen molar-refractivity contribution in [2.45, 2.75) is 0 Å². The summed E-state index contributed by atoms with van der Waals surface area (Å²) in [6, 6.07) is 12.2. The van der Waals surface area contributed by atoms with E-state index in [1.807, 2.05) is 24.3 Å². The smallest absolute Gasteiger partial charge is 0.262 e. The number of hydrogen-bond donors (Lipinski definition) is 1. The van der Waals surface area contributed by atoms with E-state index < -0.39 is 0 Å². The lowest BCUT2D eigenvalue weighted by atomic mass is 10.2. The molecule has 1 heterocycles. The number of benzene rings is 2. The Morgan fingerprint density at radius 1 is 1.09 bits per heavy atom. The molecule has 3 aromatic rings. The second-order valence-corrected chi connectivity index (χ2v) is 5.56. The molecule has 0 saturated heterocycles. The fourth-order valence-electron chi connectivity index (χ4n) is 2.05. The maximum absolute atomic E-state index is 12.0. The van der Waals surface area contributed by atoms with Gasteiger partial charge in [-0.25, -0.2) is 9.97 Å². The molecule has 23 heavy (non-hydrogen) atoms. The number of hydrogen-bond acceptors (Lipinski definition) is 4. The van der Waals surface area contributed by atoms with Crippen molar-refractivity contribution < 1.29 is 9.53 Å². The average molecular weight is 348 g/mol. The topological polar surface area (TPSA) is 64.1 Å². The molecule has 0 aliphatic carbocycles. The van der Waals surface area contributed by atoms with Crippen molar-refractivity contribution in [2.24, 2.45) is 0 Å². The minimum atomic E-state index is -0.342. The van der Waals surface area contributed by atoms with Gasteiger partial charge in [0.2, 0.25) is 5.88 Å². The molecule has 0 radical (unpaired) electrons. The number of ether oxygens (including phenoxy) is 1. The normalized spacial score (nSPS) is 10.5. The number of carbonyl (C=O) groups is 1. The molecule has 0 aliphatic rings. The lowest BCUT2D eigenvalue weighted by Crippen LogP contribution is -2.20. The Balaban J connectivity index is 1.68. The van der Waals surface area contributed by atoms with Gasteiger partial charge in [-0.05, 0) is 30.3 Å². The minimum absolute atomic E-state index is 0.189. The van der Waals surface area contributed by atoms with Gasteiger partial charge in [-0.2, -0.15) is 0 Å². The molecule has 1 amide bonds. The number of amides is 1. The van der Waals surface area contributed by atoms with E-state index in [9.17, 15) is 4.79 Å². The quantitative estimate of drug-likeness (QED) is 0.775. The van der Waals surface area contributed by atoms with E-state index in [1.54, 1.807) is 18.2 Å². The van der Waals surface area contributed by atoms with Gasteiger partial charge in [0.15, 0.2) is 6.61 Å². The Morgan fingerprint density at radius 2 is 1.83 bits per heavy atom. The molecule has 3 rings (SSSR count). The summed E-state index contributed by atoms with van der Waals surface area (Å²) in [7, 11) is 0. The number of nitrogens with zero attached hydrogens (tertiary/aromatic N) is 2. The van der Waals surface area contributed by atoms with Crippen molar-refractivity contribution in [3.63, 3.8) is 0 Å². The summed E-state index contributed by atoms with van der Waals surface area (Å²) in [6.45, 7) is -0.189. The zero-order valence-corrected chi connectivity index (χ0v) is 13.3. The molecule has 0 atom stereocenters. The first-order valence-electron chi connectivity index (χ1n) is 6.70. The number of halogens is 2. The standard InChI is InChI=1S/C16H11Cl2N3O2/c17-10-5-11(18)7-12(6-10)21-15(22)8-23-16-13-3-1-2-4-14(13)19-9-20-16/h1-7,9H,8H2,(H,21,22). The van der Waals surface area contributed by atoms with E-state index in [0.29, 0.717) is 21.6 Å². The third-order valence-electron chi connectivity index (χ3n) is 2.99. The number of aromatic nitrogens is 2. The maximum Gasteiger partial charge on any atom is 0.262 e. The van der Waals surface area contributed by atoms with Gasteiger partial charge in [0.25, 0.3) is 5.91 Å². The first-order valence-corrected chi connectivity index (χ1v) is 7.46. The van der Waals surface area contributed by atoms with Gasteiger partial charge >= 0.3 is 0 Å². The fraction of sp³-hybridized carbons (Fsp3) is 0.0625. The molecule has 1 aromatic heterocycles. The number of fused-ring (bicyclic) bond motifs is 1. The Hall–Kier alpha value is -2.37. The number of para-hydroxylation sites is 1. The largest absolute Gasteiger partial charge is 0.467 e. The molecule has 5 nitrogen and oxygen atoms in total. The molecule has 0 bridgehead atoms. The summed E-state index contributed by atoms with van der Waals surface area (Å²) >= 11 is 11.8. The predicted octanol–water partition coefficient (Wildman–Crippen LogP) is 3.95. The number of nitrogens with one attached hydrogen (secondary N) is 1. The van der Waals surface area contributed by atoms with Gasteiger partial charge < -0.3 is 10.1 Å². The van der Waals surface area contributed by atoms with Crippen molar-refractivity contribution in [2.75, 3.05) is 11.9 Å². The molecule has 0 aliphatic heterocycles. The van der Waals surface area contributed by atoms with E-state index >= 15 is 0 Å². The molecule has 7 heteroatoms. The van der Waals surface area contributed by atoms with Crippen LogP contribution >= 0.6 is 23.2 Å². The van der Waals surface area contributed by atoms with Crippen LogP contribution in [0.4, 0.5) is 5.69 Å². The highest BCUT2D eigenvalue weighted by Crippen LogP contribution is 2.23. The van der Waals surface area contributed by atoms with Crippen LogP contribution in [0.2, 0.25) is 10.0 Å². The highest BCUT2D eigenvalue weighted by atomic mass is 35.5. The highest BCUT2D eigenvalue weighted by Gasteiger charge is 2.08. The van der Waals surface area contributed by atoms with Crippen LogP contribution in [-0.4, -0.2) is 22.5 Å². The second kappa shape index (κ2) is 6.81. The number of carbonyl (C=O) groups excluding carboxylic acids is 1. The first kappa shape index (κ1) is 15.5. The molecular formula is C16H11Cl2N3O2. The van der Waals surface area contributed by atoms with E-state index in [0.717, 1.165) is 10.9 Å². The second-order valence-electron chi connectivity index (χ2n) is 4.69. The third-order valence-corrected chi connectivity index (χ3v) is 3.43. The van der Waals surface area contributed by atoms with Crippen LogP contribution in [0, 0.1) is 0 Å². The summed E-state index contributed by atoms with van der Waals surface area (Å²) in [6.07, 6.45) is 1.40. The van der Waals surface area contributed by atoms with Crippen LogP contribution in [0.15, 0.2) is 48.8 Å². The number of anilines is 1. The van der Waals surface area contributed by atoms with Crippen molar-refractivity contribution >= 4 is 45.7 Å². The minimum Gasteiger partial charge on any atom is -0.467 e. The van der Waals surface area contributed by atoms with E-state index in [1.165, 1.54) is 6.33 Å². The summed E-state index contributed by atoms with van der Waals surface area (Å²) in [5, 5.41) is 4.29. The highest BCUT2D eigenvalue weighted by molar-refractivity contribution is 6.35. The van der Waals surface area contributed by atoms with Gasteiger partial charge in [-0.15, -0.1) is 0 Å². The Labute approximate surface area is 142 Å². The summed E-state index contributed by atoms with van der Waals surface area (Å²) < 4.78 is 5.48. The van der Waals surface area contributed by atoms with Crippen molar-refractivity contribution in [3.8, 4) is 5.88 Å². The summed E-state index contributed by atoms with van der Waals surface area (Å²) in [5.74, 6) is 0.0147.